The van der Waals surface area contributed by atoms with Crippen molar-refractivity contribution in [2.75, 3.05) is 12.4 Å². The molecule has 0 atom stereocenters. The van der Waals surface area contributed by atoms with Crippen LogP contribution >= 0.6 is 11.6 Å². The maximum Gasteiger partial charge on any atom is 0.224 e. The molecular formula is C17H20ClNO. The highest BCUT2D eigenvalue weighted by atomic mass is 35.5. The van der Waals surface area contributed by atoms with E-state index in [1.165, 1.54) is 5.39 Å². The molecule has 0 heterocycles. The Labute approximate surface area is 125 Å². The normalized spacial score (nSPS) is 11.6. The minimum Gasteiger partial charge on any atom is -0.355 e. The second-order valence-electron chi connectivity index (χ2n) is 5.89. The Morgan fingerprint density at radius 1 is 1.15 bits per heavy atom. The molecule has 0 spiro atoms. The third-order valence-electron chi connectivity index (χ3n) is 3.36. The zero-order valence-electron chi connectivity index (χ0n) is 11.9. The number of hydrogen-bond acceptors (Lipinski definition) is 1. The van der Waals surface area contributed by atoms with E-state index in [2.05, 4.69) is 23.5 Å². The van der Waals surface area contributed by atoms with Crippen LogP contribution in [0.2, 0.25) is 0 Å². The van der Waals surface area contributed by atoms with Crippen LogP contribution in [-0.2, 0) is 11.2 Å². The fourth-order valence-corrected chi connectivity index (χ4v) is 2.16. The summed E-state index contributed by atoms with van der Waals surface area (Å²) in [7, 11) is 0. The van der Waals surface area contributed by atoms with Crippen molar-refractivity contribution in [3.05, 3.63) is 48.0 Å². The maximum atomic E-state index is 12.1. The molecular weight excluding hydrogens is 270 g/mol. The van der Waals surface area contributed by atoms with E-state index in [4.69, 9.17) is 11.6 Å². The SMILES string of the molecule is CC(C)(CCl)CNC(=O)Cc1cccc2ccccc12. The Balaban J connectivity index is 2.07. The minimum atomic E-state index is -0.0734. The van der Waals surface area contributed by atoms with Crippen LogP contribution in [0.3, 0.4) is 0 Å². The lowest BCUT2D eigenvalue weighted by Crippen LogP contribution is -2.35. The van der Waals surface area contributed by atoms with E-state index in [1.54, 1.807) is 0 Å². The number of nitrogens with one attached hydrogen (secondary N) is 1. The molecule has 0 aliphatic rings. The zero-order chi connectivity index (χ0) is 14.6. The summed E-state index contributed by atoms with van der Waals surface area (Å²) in [5, 5.41) is 5.27. The summed E-state index contributed by atoms with van der Waals surface area (Å²) in [6.07, 6.45) is 0.402. The zero-order valence-corrected chi connectivity index (χ0v) is 12.7. The van der Waals surface area contributed by atoms with Gasteiger partial charge in [-0.25, -0.2) is 0 Å². The molecule has 0 bridgehead atoms. The molecule has 0 saturated carbocycles. The van der Waals surface area contributed by atoms with Crippen molar-refractivity contribution in [1.29, 1.82) is 0 Å². The van der Waals surface area contributed by atoms with Gasteiger partial charge >= 0.3 is 0 Å². The number of alkyl halides is 1. The molecule has 20 heavy (non-hydrogen) atoms. The maximum absolute atomic E-state index is 12.1. The Bertz CT molecular complexity index is 601. The first-order valence-corrected chi connectivity index (χ1v) is 7.35. The van der Waals surface area contributed by atoms with Crippen molar-refractivity contribution in [3.8, 4) is 0 Å². The van der Waals surface area contributed by atoms with E-state index < -0.39 is 0 Å². The van der Waals surface area contributed by atoms with Crippen LogP contribution in [0.5, 0.6) is 0 Å². The summed E-state index contributed by atoms with van der Waals surface area (Å²) in [5.41, 5.74) is 0.986. The Morgan fingerprint density at radius 2 is 1.85 bits per heavy atom. The molecule has 0 fully saturated rings. The van der Waals surface area contributed by atoms with Crippen molar-refractivity contribution in [3.63, 3.8) is 0 Å². The average molecular weight is 290 g/mol. The van der Waals surface area contributed by atoms with E-state index in [9.17, 15) is 4.79 Å². The molecule has 0 saturated heterocycles. The van der Waals surface area contributed by atoms with Crippen LogP contribution in [0.1, 0.15) is 19.4 Å². The van der Waals surface area contributed by atoms with Gasteiger partial charge in [-0.15, -0.1) is 11.6 Å². The monoisotopic (exact) mass is 289 g/mol. The van der Waals surface area contributed by atoms with Gasteiger partial charge in [0.25, 0.3) is 0 Å². The lowest BCUT2D eigenvalue weighted by atomic mass is 9.96. The first kappa shape index (κ1) is 14.9. The van der Waals surface area contributed by atoms with Gasteiger partial charge in [-0.1, -0.05) is 56.3 Å². The Kier molecular flexibility index (Phi) is 4.66. The lowest BCUT2D eigenvalue weighted by molar-refractivity contribution is -0.120. The molecule has 2 nitrogen and oxygen atoms in total. The molecule has 0 radical (unpaired) electrons. The van der Waals surface area contributed by atoms with Crippen LogP contribution < -0.4 is 5.32 Å². The summed E-state index contributed by atoms with van der Waals surface area (Å²) in [6, 6.07) is 14.2. The first-order valence-electron chi connectivity index (χ1n) is 6.81. The Morgan fingerprint density at radius 3 is 2.60 bits per heavy atom. The van der Waals surface area contributed by atoms with E-state index in [1.807, 2.05) is 38.1 Å². The predicted molar refractivity (Wildman–Crippen MR) is 85.2 cm³/mol. The smallest absolute Gasteiger partial charge is 0.224 e. The number of carbonyl (C=O) groups excluding carboxylic acids is 1. The second-order valence-corrected chi connectivity index (χ2v) is 6.16. The molecule has 1 N–H and O–H groups in total. The highest BCUT2D eigenvalue weighted by Crippen LogP contribution is 2.19. The highest BCUT2D eigenvalue weighted by Gasteiger charge is 2.17. The van der Waals surface area contributed by atoms with Crippen LogP contribution in [0.15, 0.2) is 42.5 Å². The molecule has 0 aromatic heterocycles. The summed E-state index contributed by atoms with van der Waals surface area (Å²) in [4.78, 5) is 12.1. The van der Waals surface area contributed by atoms with Crippen LogP contribution in [0.25, 0.3) is 10.8 Å². The third-order valence-corrected chi connectivity index (χ3v) is 4.08. The van der Waals surface area contributed by atoms with Gasteiger partial charge in [0.05, 0.1) is 6.42 Å². The number of rotatable bonds is 5. The average Bonchev–Trinajstić information content (AvgIpc) is 2.46. The number of halogens is 1. The van der Waals surface area contributed by atoms with E-state index in [-0.39, 0.29) is 11.3 Å². The molecule has 0 unspecified atom stereocenters. The molecule has 2 aromatic rings. The standard InChI is InChI=1S/C17H20ClNO/c1-17(2,11-18)12-19-16(20)10-14-8-5-7-13-6-3-4-9-15(13)14/h3-9H,10-12H2,1-2H3,(H,19,20). The topological polar surface area (TPSA) is 29.1 Å². The molecule has 2 aromatic carbocycles. The van der Waals surface area contributed by atoms with Crippen molar-refractivity contribution in [1.82, 2.24) is 5.32 Å². The summed E-state index contributed by atoms with van der Waals surface area (Å²) < 4.78 is 0. The molecule has 2 rings (SSSR count). The first-order chi connectivity index (χ1) is 9.52. The van der Waals surface area contributed by atoms with E-state index in [0.717, 1.165) is 10.9 Å². The molecule has 3 heteroatoms. The van der Waals surface area contributed by atoms with Crippen molar-refractivity contribution < 1.29 is 4.79 Å². The fraction of sp³-hybridized carbons (Fsp3) is 0.353. The van der Waals surface area contributed by atoms with Crippen molar-refractivity contribution in [2.45, 2.75) is 20.3 Å². The van der Waals surface area contributed by atoms with Gasteiger partial charge in [0.15, 0.2) is 0 Å². The van der Waals surface area contributed by atoms with Crippen molar-refractivity contribution in [2.24, 2.45) is 5.41 Å². The lowest BCUT2D eigenvalue weighted by Gasteiger charge is -2.21. The number of amides is 1. The third kappa shape index (κ3) is 3.73. The summed E-state index contributed by atoms with van der Waals surface area (Å²) >= 11 is 5.86. The van der Waals surface area contributed by atoms with Gasteiger partial charge in [0.2, 0.25) is 5.91 Å². The largest absolute Gasteiger partial charge is 0.355 e. The summed E-state index contributed by atoms with van der Waals surface area (Å²) in [5.74, 6) is 0.571. The van der Waals surface area contributed by atoms with Crippen LogP contribution in [-0.4, -0.2) is 18.3 Å². The van der Waals surface area contributed by atoms with Crippen LogP contribution in [0, 0.1) is 5.41 Å². The van der Waals surface area contributed by atoms with Crippen molar-refractivity contribution >= 4 is 28.3 Å². The number of carbonyl (C=O) groups is 1. The number of benzene rings is 2. The molecule has 106 valence electrons. The molecule has 1 amide bonds. The van der Waals surface area contributed by atoms with Gasteiger partial charge < -0.3 is 5.32 Å². The van der Waals surface area contributed by atoms with Gasteiger partial charge in [0.1, 0.15) is 0 Å². The van der Waals surface area contributed by atoms with E-state index >= 15 is 0 Å². The van der Waals surface area contributed by atoms with Gasteiger partial charge in [-0.3, -0.25) is 4.79 Å². The predicted octanol–water partition coefficient (Wildman–Crippen LogP) is 3.76. The Hall–Kier alpha value is -1.54. The fourth-order valence-electron chi connectivity index (χ4n) is 2.07. The summed E-state index contributed by atoms with van der Waals surface area (Å²) in [6.45, 7) is 4.68. The van der Waals surface area contributed by atoms with Gasteiger partial charge in [-0.2, -0.15) is 0 Å². The highest BCUT2D eigenvalue weighted by molar-refractivity contribution is 6.18. The minimum absolute atomic E-state index is 0.0412. The van der Waals surface area contributed by atoms with Gasteiger partial charge in [0, 0.05) is 12.4 Å². The quantitative estimate of drug-likeness (QED) is 0.834. The molecule has 0 aliphatic heterocycles. The van der Waals surface area contributed by atoms with E-state index in [0.29, 0.717) is 18.8 Å². The molecule has 0 aliphatic carbocycles. The number of fused-ring (bicyclic) bond motifs is 1. The number of hydrogen-bond donors (Lipinski definition) is 1. The van der Waals surface area contributed by atoms with Gasteiger partial charge in [-0.05, 0) is 21.8 Å². The second kappa shape index (κ2) is 6.27. The van der Waals surface area contributed by atoms with Crippen LogP contribution in [0.4, 0.5) is 0 Å².